The smallest absolute Gasteiger partial charge is 0.319 e. The molecule has 0 radical (unpaired) electrons. The molecule has 5 aromatic carbocycles. The standard InChI is InChI=1S/C11H12Cl2N2O4.C7H4Cl3NO2.C7H5Cl2NO3.C7H3Cl2NO3.C7H4Cl2O.8CH4.ClH/c1-2-19-10(16)6-14-5-7-9(15(17)18)4-3-8(12)11(7)13;8-3-4-6(11(12)13)2-1-5(9)7(4)10;2*8-5-1-2-6(10(12)13)4(3-11)7(5)9;8-6-3-1-2-5(4-10)7(6)9;;;;;;;;;/h3-4,14H,2,5-6H2,1H3;1-2H,3H2;1-2,11H,3H2;1-3H;1-4H;8*1H4;1H. The van der Waals surface area contributed by atoms with Gasteiger partial charge in [0.25, 0.3) is 22.7 Å². The number of aldehydes is 2. The largest absolute Gasteiger partial charge is 0.465 e. The van der Waals surface area contributed by atoms with Crippen LogP contribution < -0.4 is 5.32 Å². The summed E-state index contributed by atoms with van der Waals surface area (Å²) in [5.41, 5.74) is -0.0618. The van der Waals surface area contributed by atoms with Crippen molar-refractivity contribution in [3.05, 3.63) is 185 Å². The van der Waals surface area contributed by atoms with Gasteiger partial charge in [0.1, 0.15) is 5.56 Å². The average Bonchev–Trinajstić information content (AvgIpc) is 3.29. The number of nitro benzene ring substituents is 4. The number of hydrogen-bond donors (Lipinski definition) is 2. The van der Waals surface area contributed by atoms with Crippen molar-refractivity contribution in [2.75, 3.05) is 13.2 Å². The summed E-state index contributed by atoms with van der Waals surface area (Å²) in [6, 6.07) is 15.2. The van der Waals surface area contributed by atoms with E-state index in [1.54, 1.807) is 25.1 Å². The summed E-state index contributed by atoms with van der Waals surface area (Å²) in [6.45, 7) is 1.45. The van der Waals surface area contributed by atoms with E-state index in [4.69, 9.17) is 137 Å². The maximum absolute atomic E-state index is 11.1. The molecular weight excluding hydrogens is 1270 g/mol. The molecule has 0 aromatic heterocycles. The maximum Gasteiger partial charge on any atom is 0.319 e. The van der Waals surface area contributed by atoms with Gasteiger partial charge < -0.3 is 15.2 Å². The van der Waals surface area contributed by atoms with Gasteiger partial charge in [-0.15, -0.1) is 24.0 Å². The van der Waals surface area contributed by atoms with E-state index in [9.17, 15) is 54.8 Å². The molecule has 0 saturated carbocycles. The van der Waals surface area contributed by atoms with Crippen LogP contribution in [0.3, 0.4) is 0 Å². The SMILES string of the molecule is C.C.C.C.C.C.C.C.CCOC(=O)CNCc1c([N+](=O)[O-])ccc(Cl)c1Cl.Cl.O=Cc1c([N+](=O)[O-])ccc(Cl)c1Cl.O=Cc1cccc(Cl)c1Cl.O=[N+]([O-])c1ccc(Cl)c(Cl)c1CCl.O=[N+]([O-])c1ccc(Cl)c(Cl)c1CO. The van der Waals surface area contributed by atoms with Crippen LogP contribution in [0.1, 0.15) is 104 Å². The van der Waals surface area contributed by atoms with Gasteiger partial charge in [-0.3, -0.25) is 54.8 Å². The van der Waals surface area contributed by atoms with E-state index in [-0.39, 0.29) is 183 Å². The lowest BCUT2D eigenvalue weighted by Crippen LogP contribution is -2.24. The first kappa shape index (κ1) is 92.3. The Morgan fingerprint density at radius 1 is 0.532 bits per heavy atom. The molecule has 18 nitrogen and oxygen atoms in total. The van der Waals surface area contributed by atoms with Crippen LogP contribution in [0.25, 0.3) is 0 Å². The van der Waals surface area contributed by atoms with Gasteiger partial charge in [-0.05, 0) is 37.3 Å². The zero-order valence-corrected chi connectivity index (χ0v) is 43.4. The molecule has 2 N–H and O–H groups in total. The van der Waals surface area contributed by atoms with Crippen molar-refractivity contribution < 1.29 is 43.9 Å². The topological polar surface area (TPSA) is 265 Å². The molecule has 0 fully saturated rings. The molecule has 0 aliphatic carbocycles. The number of nitrogens with zero attached hydrogens (tertiary/aromatic N) is 4. The number of hydrogen-bond acceptors (Lipinski definition) is 14. The lowest BCUT2D eigenvalue weighted by atomic mass is 10.2. The number of halogens is 12. The number of nitrogens with one attached hydrogen (secondary N) is 1. The van der Waals surface area contributed by atoms with Crippen molar-refractivity contribution in [2.24, 2.45) is 0 Å². The number of aliphatic hydroxyl groups is 1. The normalized spacial score (nSPS) is 8.79. The number of rotatable bonds is 13. The molecule has 30 heteroatoms. The Morgan fingerprint density at radius 3 is 1.23 bits per heavy atom. The molecule has 77 heavy (non-hydrogen) atoms. The molecule has 0 spiro atoms. The van der Waals surface area contributed by atoms with E-state index in [1.807, 2.05) is 0 Å². The second kappa shape index (κ2) is 46.8. The van der Waals surface area contributed by atoms with Crippen LogP contribution in [-0.4, -0.2) is 56.5 Å². The summed E-state index contributed by atoms with van der Waals surface area (Å²) in [5.74, 6) is -0.473. The number of aliphatic hydroxyl groups excluding tert-OH is 1. The fourth-order valence-corrected chi connectivity index (χ4v) is 6.91. The maximum atomic E-state index is 11.1. The monoisotopic (exact) mass is 1320 g/mol. The zero-order valence-electron chi connectivity index (χ0n) is 34.2. The van der Waals surface area contributed by atoms with Gasteiger partial charge >= 0.3 is 5.97 Å². The van der Waals surface area contributed by atoms with Gasteiger partial charge in [-0.2, -0.15) is 0 Å². The third-order valence-corrected chi connectivity index (χ3v) is 12.3. The zero-order chi connectivity index (χ0) is 52.0. The van der Waals surface area contributed by atoms with Crippen LogP contribution >= 0.6 is 140 Å². The van der Waals surface area contributed by atoms with E-state index >= 15 is 0 Å². The Bertz CT molecular complexity index is 2600. The quantitative estimate of drug-likeness (QED) is 0.0365. The summed E-state index contributed by atoms with van der Waals surface area (Å²) in [5, 5.41) is 55.4. The Balaban J connectivity index is -0.000000106. The van der Waals surface area contributed by atoms with Crippen molar-refractivity contribution in [3.8, 4) is 0 Å². The number of carbonyl (C=O) groups excluding carboxylic acids is 3. The van der Waals surface area contributed by atoms with Crippen LogP contribution in [0, 0.1) is 40.5 Å². The Morgan fingerprint density at radius 2 is 0.883 bits per heavy atom. The molecule has 5 rings (SSSR count). The van der Waals surface area contributed by atoms with Crippen molar-refractivity contribution >= 4 is 181 Å². The predicted molar refractivity (Wildman–Crippen MR) is 325 cm³/mol. The molecule has 436 valence electrons. The molecule has 0 aliphatic heterocycles. The molecule has 0 aliphatic rings. The number of alkyl halides is 1. The molecule has 0 saturated heterocycles. The summed E-state index contributed by atoms with van der Waals surface area (Å²) in [4.78, 5) is 71.6. The molecule has 0 amide bonds. The van der Waals surface area contributed by atoms with Gasteiger partial charge in [0, 0.05) is 36.4 Å². The second-order valence-corrected chi connectivity index (χ2v) is 16.2. The first-order valence-electron chi connectivity index (χ1n) is 17.8. The first-order chi connectivity index (χ1) is 31.9. The molecule has 5 aromatic rings. The van der Waals surface area contributed by atoms with E-state index in [0.29, 0.717) is 28.2 Å². The van der Waals surface area contributed by atoms with Crippen LogP contribution in [-0.2, 0) is 28.6 Å². The Kier molecular flexibility index (Phi) is 56.1. The van der Waals surface area contributed by atoms with Crippen LogP contribution in [0.4, 0.5) is 22.7 Å². The van der Waals surface area contributed by atoms with E-state index in [2.05, 4.69) is 5.32 Å². The number of nitro groups is 4. The first-order valence-corrected chi connectivity index (χ1v) is 22.1. The summed E-state index contributed by atoms with van der Waals surface area (Å²) >= 11 is 62.2. The van der Waals surface area contributed by atoms with Crippen LogP contribution in [0.15, 0.2) is 66.7 Å². The van der Waals surface area contributed by atoms with Gasteiger partial charge in [0.2, 0.25) is 0 Å². The third-order valence-electron chi connectivity index (χ3n) is 7.80. The fraction of sp³-hybridized carbons (Fsp3) is 0.298. The number of esters is 1. The third kappa shape index (κ3) is 28.6. The highest BCUT2D eigenvalue weighted by atomic mass is 35.5. The minimum atomic E-state index is -0.689. The second-order valence-electron chi connectivity index (χ2n) is 12.0. The number of carbonyl (C=O) groups is 3. The Labute approximate surface area is 510 Å². The molecule has 0 bridgehead atoms. The van der Waals surface area contributed by atoms with Gasteiger partial charge in [0.05, 0.1) is 112 Å². The van der Waals surface area contributed by atoms with Gasteiger partial charge in [0.15, 0.2) is 12.6 Å². The van der Waals surface area contributed by atoms with Crippen molar-refractivity contribution in [3.63, 3.8) is 0 Å². The summed E-state index contributed by atoms with van der Waals surface area (Å²) in [7, 11) is 0. The number of ether oxygens (including phenoxy) is 1. The minimum Gasteiger partial charge on any atom is -0.465 e. The minimum absolute atomic E-state index is 0. The molecule has 0 unspecified atom stereocenters. The fourth-order valence-electron chi connectivity index (χ4n) is 4.65. The van der Waals surface area contributed by atoms with Crippen molar-refractivity contribution in [1.29, 1.82) is 0 Å². The highest BCUT2D eigenvalue weighted by molar-refractivity contribution is 6.45. The lowest BCUT2D eigenvalue weighted by molar-refractivity contribution is -0.385. The van der Waals surface area contributed by atoms with E-state index in [1.165, 1.54) is 42.5 Å². The molecule has 0 atom stereocenters. The predicted octanol–water partition coefficient (Wildman–Crippen LogP) is 19.6. The highest BCUT2D eigenvalue weighted by Gasteiger charge is 2.21. The van der Waals surface area contributed by atoms with Crippen LogP contribution in [0.5, 0.6) is 0 Å². The number of benzene rings is 5. The highest BCUT2D eigenvalue weighted by Crippen LogP contribution is 2.36. The van der Waals surface area contributed by atoms with E-state index in [0.717, 1.165) is 6.07 Å². The van der Waals surface area contributed by atoms with Crippen molar-refractivity contribution in [2.45, 2.75) is 85.4 Å². The van der Waals surface area contributed by atoms with Gasteiger partial charge in [-0.1, -0.05) is 188 Å². The summed E-state index contributed by atoms with van der Waals surface area (Å²) in [6.07, 6.45) is 0.987. The molecule has 0 heterocycles. The average molecular weight is 1330 g/mol. The Hall–Kier alpha value is -4.09. The van der Waals surface area contributed by atoms with Crippen LogP contribution in [0.2, 0.25) is 50.2 Å². The summed E-state index contributed by atoms with van der Waals surface area (Å²) < 4.78 is 4.72. The van der Waals surface area contributed by atoms with Crippen molar-refractivity contribution in [1.82, 2.24) is 5.32 Å². The lowest BCUT2D eigenvalue weighted by Gasteiger charge is -2.08. The van der Waals surface area contributed by atoms with Gasteiger partial charge in [-0.25, -0.2) is 0 Å². The molecular formula is C47H61Cl12N5O13. The van der Waals surface area contributed by atoms with E-state index < -0.39 is 32.3 Å².